The van der Waals surface area contributed by atoms with Gasteiger partial charge in [0, 0.05) is 18.1 Å². The smallest absolute Gasteiger partial charge is 0.289 e. The third-order valence-electron chi connectivity index (χ3n) is 2.12. The molecular weight excluding hydrogens is 262 g/mol. The molecule has 96 valence electrons. The van der Waals surface area contributed by atoms with Crippen molar-refractivity contribution in [3.05, 3.63) is 54.6 Å². The van der Waals surface area contributed by atoms with Crippen molar-refractivity contribution in [2.24, 2.45) is 0 Å². The maximum atomic E-state index is 11.6. The molecule has 0 bridgehead atoms. The molecule has 6 nitrogen and oxygen atoms in total. The number of benzene rings is 1. The summed E-state index contributed by atoms with van der Waals surface area (Å²) in [6.07, 6.45) is 4.30. The van der Waals surface area contributed by atoms with Crippen molar-refractivity contribution in [3.8, 4) is 0 Å². The van der Waals surface area contributed by atoms with Gasteiger partial charge in [0.05, 0.1) is 6.20 Å². The highest BCUT2D eigenvalue weighted by Crippen LogP contribution is 2.03. The maximum absolute atomic E-state index is 11.6. The zero-order valence-corrected chi connectivity index (χ0v) is 10.6. The van der Waals surface area contributed by atoms with Crippen molar-refractivity contribution in [3.63, 3.8) is 0 Å². The Labute approximate surface area is 115 Å². The average molecular weight is 273 g/mol. The fourth-order valence-corrected chi connectivity index (χ4v) is 1.45. The van der Waals surface area contributed by atoms with Crippen LogP contribution in [-0.2, 0) is 0 Å². The van der Waals surface area contributed by atoms with E-state index in [2.05, 4.69) is 26.1 Å². The molecule has 2 aromatic rings. The molecule has 0 unspecified atom stereocenters. The van der Waals surface area contributed by atoms with E-state index in [0.29, 0.717) is 0 Å². The van der Waals surface area contributed by atoms with Crippen LogP contribution in [0.5, 0.6) is 0 Å². The third kappa shape index (κ3) is 4.00. The molecule has 1 aromatic heterocycles. The molecule has 3 N–H and O–H groups in total. The maximum Gasteiger partial charge on any atom is 0.289 e. The lowest BCUT2D eigenvalue weighted by atomic mass is 10.3. The number of thiocarbonyl (C=S) groups is 1. The van der Waals surface area contributed by atoms with E-state index in [1.807, 2.05) is 30.3 Å². The monoisotopic (exact) mass is 273 g/mol. The van der Waals surface area contributed by atoms with Crippen LogP contribution in [0.4, 0.5) is 5.69 Å². The number of para-hydroxylation sites is 1. The van der Waals surface area contributed by atoms with E-state index in [0.717, 1.165) is 5.69 Å². The molecule has 0 atom stereocenters. The van der Waals surface area contributed by atoms with Crippen LogP contribution in [0.15, 0.2) is 48.9 Å². The second-order valence-corrected chi connectivity index (χ2v) is 3.90. The van der Waals surface area contributed by atoms with Gasteiger partial charge in [0.1, 0.15) is 5.69 Å². The van der Waals surface area contributed by atoms with E-state index >= 15 is 0 Å². The minimum atomic E-state index is -0.412. The van der Waals surface area contributed by atoms with Gasteiger partial charge in [-0.2, -0.15) is 0 Å². The Bertz CT molecular complexity index is 561. The highest BCUT2D eigenvalue weighted by Gasteiger charge is 2.06. The molecule has 0 fully saturated rings. The first-order chi connectivity index (χ1) is 9.25. The molecule has 0 spiro atoms. The Morgan fingerprint density at radius 2 is 1.89 bits per heavy atom. The molecule has 0 radical (unpaired) electrons. The molecule has 1 heterocycles. The van der Waals surface area contributed by atoms with Crippen LogP contribution in [0.1, 0.15) is 10.5 Å². The van der Waals surface area contributed by atoms with Crippen LogP contribution in [0.2, 0.25) is 0 Å². The first-order valence-corrected chi connectivity index (χ1v) is 5.85. The van der Waals surface area contributed by atoms with Gasteiger partial charge in [-0.05, 0) is 24.4 Å². The van der Waals surface area contributed by atoms with Crippen molar-refractivity contribution < 1.29 is 4.79 Å². The molecule has 0 saturated heterocycles. The summed E-state index contributed by atoms with van der Waals surface area (Å²) >= 11 is 5.03. The van der Waals surface area contributed by atoms with Gasteiger partial charge in [-0.3, -0.25) is 20.6 Å². The Kier molecular flexibility index (Phi) is 4.35. The van der Waals surface area contributed by atoms with E-state index in [-0.39, 0.29) is 10.8 Å². The highest BCUT2D eigenvalue weighted by atomic mass is 32.1. The SMILES string of the molecule is O=C(NNC(=S)Nc1ccccc1)c1cnccn1. The van der Waals surface area contributed by atoms with Crippen LogP contribution >= 0.6 is 12.2 Å². The predicted molar refractivity (Wildman–Crippen MR) is 75.3 cm³/mol. The quantitative estimate of drug-likeness (QED) is 0.562. The molecular formula is C12H11N5OS. The lowest BCUT2D eigenvalue weighted by Crippen LogP contribution is -2.44. The average Bonchev–Trinajstić information content (AvgIpc) is 2.47. The molecule has 2 rings (SSSR count). The van der Waals surface area contributed by atoms with E-state index in [1.54, 1.807) is 0 Å². The first-order valence-electron chi connectivity index (χ1n) is 5.44. The number of hydrogen-bond acceptors (Lipinski definition) is 4. The van der Waals surface area contributed by atoms with Crippen molar-refractivity contribution in [1.29, 1.82) is 0 Å². The molecule has 1 aromatic carbocycles. The first kappa shape index (κ1) is 12.9. The molecule has 0 aliphatic heterocycles. The largest absolute Gasteiger partial charge is 0.331 e. The summed E-state index contributed by atoms with van der Waals surface area (Å²) in [7, 11) is 0. The van der Waals surface area contributed by atoms with Gasteiger partial charge in [-0.25, -0.2) is 4.98 Å². The predicted octanol–water partition coefficient (Wildman–Crippen LogP) is 1.11. The second-order valence-electron chi connectivity index (χ2n) is 3.49. The fourth-order valence-electron chi connectivity index (χ4n) is 1.28. The van der Waals surface area contributed by atoms with Crippen LogP contribution in [-0.4, -0.2) is 21.0 Å². The Balaban J connectivity index is 1.83. The topological polar surface area (TPSA) is 78.9 Å². The molecule has 19 heavy (non-hydrogen) atoms. The van der Waals surface area contributed by atoms with Gasteiger partial charge in [-0.1, -0.05) is 18.2 Å². The number of anilines is 1. The number of nitrogens with zero attached hydrogens (tertiary/aromatic N) is 2. The van der Waals surface area contributed by atoms with Crippen molar-refractivity contribution in [2.75, 3.05) is 5.32 Å². The Hall–Kier alpha value is -2.54. The summed E-state index contributed by atoms with van der Waals surface area (Å²) in [4.78, 5) is 19.3. The van der Waals surface area contributed by atoms with Crippen LogP contribution < -0.4 is 16.2 Å². The third-order valence-corrected chi connectivity index (χ3v) is 2.32. The number of nitrogens with one attached hydrogen (secondary N) is 3. The molecule has 1 amide bonds. The lowest BCUT2D eigenvalue weighted by Gasteiger charge is -2.10. The summed E-state index contributed by atoms with van der Waals surface area (Å²) in [6, 6.07) is 9.38. The van der Waals surface area contributed by atoms with Crippen molar-refractivity contribution in [2.45, 2.75) is 0 Å². The summed E-state index contributed by atoms with van der Waals surface area (Å²) in [6.45, 7) is 0. The van der Waals surface area contributed by atoms with Gasteiger partial charge in [0.2, 0.25) is 0 Å². The fraction of sp³-hybridized carbons (Fsp3) is 0. The van der Waals surface area contributed by atoms with E-state index in [1.165, 1.54) is 18.6 Å². The number of amides is 1. The number of rotatable bonds is 2. The van der Waals surface area contributed by atoms with Crippen LogP contribution in [0, 0.1) is 0 Å². The number of aromatic nitrogens is 2. The summed E-state index contributed by atoms with van der Waals surface area (Å²) in [5.41, 5.74) is 6.04. The normalized spacial score (nSPS) is 9.47. The number of hydrazine groups is 1. The standard InChI is InChI=1S/C12H11N5OS/c18-11(10-8-13-6-7-14-10)16-17-12(19)15-9-4-2-1-3-5-9/h1-8H,(H,16,18)(H2,15,17,19). The minimum Gasteiger partial charge on any atom is -0.331 e. The molecule has 0 aliphatic carbocycles. The van der Waals surface area contributed by atoms with Gasteiger partial charge in [0.15, 0.2) is 5.11 Å². The van der Waals surface area contributed by atoms with E-state index in [4.69, 9.17) is 12.2 Å². The number of hydrogen-bond donors (Lipinski definition) is 3. The summed E-state index contributed by atoms with van der Waals surface area (Å²) in [5.74, 6) is -0.412. The lowest BCUT2D eigenvalue weighted by molar-refractivity contribution is 0.0938. The van der Waals surface area contributed by atoms with Gasteiger partial charge >= 0.3 is 0 Å². The molecule has 0 saturated carbocycles. The Morgan fingerprint density at radius 3 is 2.58 bits per heavy atom. The zero-order valence-electron chi connectivity index (χ0n) is 9.83. The summed E-state index contributed by atoms with van der Waals surface area (Å²) < 4.78 is 0. The van der Waals surface area contributed by atoms with Gasteiger partial charge < -0.3 is 5.32 Å². The van der Waals surface area contributed by atoms with E-state index in [9.17, 15) is 4.79 Å². The van der Waals surface area contributed by atoms with E-state index < -0.39 is 5.91 Å². The minimum absolute atomic E-state index is 0.206. The van der Waals surface area contributed by atoms with Crippen molar-refractivity contribution >= 4 is 28.9 Å². The second kappa shape index (κ2) is 6.41. The number of carbonyl (C=O) groups is 1. The zero-order chi connectivity index (χ0) is 13.5. The number of carbonyl (C=O) groups excluding carboxylic acids is 1. The Morgan fingerprint density at radius 1 is 1.11 bits per heavy atom. The van der Waals surface area contributed by atoms with Crippen LogP contribution in [0.25, 0.3) is 0 Å². The highest BCUT2D eigenvalue weighted by molar-refractivity contribution is 7.80. The summed E-state index contributed by atoms with van der Waals surface area (Å²) in [5, 5.41) is 3.20. The van der Waals surface area contributed by atoms with Crippen molar-refractivity contribution in [1.82, 2.24) is 20.8 Å². The van der Waals surface area contributed by atoms with Gasteiger partial charge in [0.25, 0.3) is 5.91 Å². The molecule has 0 aliphatic rings. The van der Waals surface area contributed by atoms with Crippen LogP contribution in [0.3, 0.4) is 0 Å². The van der Waals surface area contributed by atoms with Gasteiger partial charge in [-0.15, -0.1) is 0 Å². The molecule has 7 heteroatoms.